The van der Waals surface area contributed by atoms with Crippen LogP contribution in [0.3, 0.4) is 0 Å². The van der Waals surface area contributed by atoms with Crippen molar-refractivity contribution in [2.45, 2.75) is 57.3 Å². The molecule has 3 aliphatic rings. The molecule has 0 aromatic carbocycles. The number of carbonyl (C=O) groups is 1. The monoisotopic (exact) mass is 269 g/mol. The van der Waals surface area contributed by atoms with Crippen LogP contribution in [0, 0.1) is 5.92 Å². The first kappa shape index (κ1) is 12.9. The van der Waals surface area contributed by atoms with E-state index in [1.807, 2.05) is 13.8 Å². The Hall–Kier alpha value is -1.11. The number of aliphatic hydroxyl groups excluding tert-OH is 1. The predicted octanol–water partition coefficient (Wildman–Crippen LogP) is 0.611. The van der Waals surface area contributed by atoms with E-state index in [-0.39, 0.29) is 35.9 Å². The summed E-state index contributed by atoms with van der Waals surface area (Å²) >= 11 is 0. The fraction of sp³-hybridized carbons (Fsp3) is 0.769. The van der Waals surface area contributed by atoms with E-state index in [4.69, 9.17) is 19.9 Å². The van der Waals surface area contributed by atoms with Gasteiger partial charge in [0.05, 0.1) is 23.8 Å². The molecule has 106 valence electrons. The summed E-state index contributed by atoms with van der Waals surface area (Å²) in [6, 6.07) is -0.403. The zero-order valence-corrected chi connectivity index (χ0v) is 11.3. The molecule has 2 heterocycles. The minimum atomic E-state index is -0.727. The highest BCUT2D eigenvalue weighted by atomic mass is 16.8. The van der Waals surface area contributed by atoms with E-state index in [2.05, 4.69) is 0 Å². The maximum Gasteiger partial charge on any atom is 0.338 e. The predicted molar refractivity (Wildman–Crippen MR) is 65.1 cm³/mol. The summed E-state index contributed by atoms with van der Waals surface area (Å²) < 4.78 is 16.8. The molecule has 0 bridgehead atoms. The number of carbonyl (C=O) groups excluding carboxylic acids is 1. The van der Waals surface area contributed by atoms with Crippen LogP contribution >= 0.6 is 0 Å². The van der Waals surface area contributed by atoms with Crippen molar-refractivity contribution in [3.63, 3.8) is 0 Å². The Balaban J connectivity index is 2.02. The van der Waals surface area contributed by atoms with Crippen molar-refractivity contribution in [3.8, 4) is 0 Å². The Morgan fingerprint density at radius 3 is 2.74 bits per heavy atom. The van der Waals surface area contributed by atoms with Crippen LogP contribution in [0.2, 0.25) is 0 Å². The normalized spacial score (nSPS) is 44.6. The molecule has 3 N–H and O–H groups in total. The molecule has 2 fully saturated rings. The van der Waals surface area contributed by atoms with Gasteiger partial charge in [0.1, 0.15) is 11.9 Å². The van der Waals surface area contributed by atoms with E-state index in [1.54, 1.807) is 6.92 Å². The lowest BCUT2D eigenvalue weighted by atomic mass is 9.75. The average molecular weight is 269 g/mol. The number of cyclic esters (lactones) is 1. The van der Waals surface area contributed by atoms with Crippen molar-refractivity contribution >= 4 is 5.97 Å². The van der Waals surface area contributed by atoms with Crippen LogP contribution in [0.1, 0.15) is 27.2 Å². The van der Waals surface area contributed by atoms with Crippen LogP contribution in [0.5, 0.6) is 0 Å². The van der Waals surface area contributed by atoms with E-state index >= 15 is 0 Å². The van der Waals surface area contributed by atoms with Gasteiger partial charge in [-0.1, -0.05) is 0 Å². The van der Waals surface area contributed by atoms with E-state index in [0.717, 1.165) is 0 Å². The van der Waals surface area contributed by atoms with E-state index in [1.165, 1.54) is 0 Å². The summed E-state index contributed by atoms with van der Waals surface area (Å²) in [6.07, 6.45) is -0.727. The van der Waals surface area contributed by atoms with Gasteiger partial charge in [0.2, 0.25) is 0 Å². The number of ether oxygens (including phenoxy) is 3. The number of hydrogen-bond acceptors (Lipinski definition) is 6. The van der Waals surface area contributed by atoms with Crippen LogP contribution in [-0.4, -0.2) is 41.2 Å². The minimum absolute atomic E-state index is 0.0138. The van der Waals surface area contributed by atoms with Gasteiger partial charge in [-0.05, 0) is 20.8 Å². The maximum absolute atomic E-state index is 12.0. The molecule has 2 aliphatic heterocycles. The molecule has 0 aromatic rings. The molecule has 3 rings (SSSR count). The molecule has 6 heteroatoms. The Morgan fingerprint density at radius 2 is 2.05 bits per heavy atom. The topological polar surface area (TPSA) is 91.0 Å². The number of esters is 1. The first-order chi connectivity index (χ1) is 8.80. The molecule has 6 nitrogen and oxygen atoms in total. The van der Waals surface area contributed by atoms with Crippen molar-refractivity contribution in [2.24, 2.45) is 11.7 Å². The number of hydrogen-bond donors (Lipinski definition) is 2. The Labute approximate surface area is 111 Å². The van der Waals surface area contributed by atoms with Gasteiger partial charge in [0.25, 0.3) is 0 Å². The van der Waals surface area contributed by atoms with Gasteiger partial charge in [-0.2, -0.15) is 0 Å². The number of aliphatic hydroxyl groups is 1. The summed E-state index contributed by atoms with van der Waals surface area (Å²) in [5.74, 6) is -1.59. The average Bonchev–Trinajstić information content (AvgIpc) is 2.58. The van der Waals surface area contributed by atoms with E-state index in [0.29, 0.717) is 0 Å². The quantitative estimate of drug-likeness (QED) is 0.626. The second kappa shape index (κ2) is 3.94. The summed E-state index contributed by atoms with van der Waals surface area (Å²) in [5.41, 5.74) is 6.40. The Bertz CT molecular complexity index is 458. The summed E-state index contributed by atoms with van der Waals surface area (Å²) in [5, 5.41) is 10.1. The van der Waals surface area contributed by atoms with Gasteiger partial charge in [-0.3, -0.25) is 0 Å². The van der Waals surface area contributed by atoms with Crippen LogP contribution in [0.25, 0.3) is 0 Å². The highest BCUT2D eigenvalue weighted by Crippen LogP contribution is 2.45. The van der Waals surface area contributed by atoms with Crippen LogP contribution < -0.4 is 5.73 Å². The Morgan fingerprint density at radius 1 is 1.37 bits per heavy atom. The zero-order chi connectivity index (χ0) is 13.9. The third-order valence-corrected chi connectivity index (χ3v) is 4.08. The molecule has 0 amide bonds. The number of nitrogens with two attached hydrogens (primary N) is 1. The van der Waals surface area contributed by atoms with Crippen molar-refractivity contribution < 1.29 is 24.1 Å². The molecular formula is C13H19NO5. The Kier molecular flexibility index (Phi) is 2.68. The van der Waals surface area contributed by atoms with Gasteiger partial charge in [0, 0.05) is 12.3 Å². The maximum atomic E-state index is 12.0. The third-order valence-electron chi connectivity index (χ3n) is 4.08. The lowest BCUT2D eigenvalue weighted by Gasteiger charge is -2.41. The van der Waals surface area contributed by atoms with Gasteiger partial charge in [-0.25, -0.2) is 4.79 Å². The van der Waals surface area contributed by atoms with Crippen molar-refractivity contribution in [3.05, 3.63) is 11.3 Å². The second-order valence-corrected chi connectivity index (χ2v) is 5.92. The lowest BCUT2D eigenvalue weighted by Crippen LogP contribution is -2.57. The molecule has 2 saturated heterocycles. The van der Waals surface area contributed by atoms with Crippen LogP contribution in [0.4, 0.5) is 0 Å². The van der Waals surface area contributed by atoms with Gasteiger partial charge in [-0.15, -0.1) is 0 Å². The first-order valence-corrected chi connectivity index (χ1v) is 6.54. The van der Waals surface area contributed by atoms with Gasteiger partial charge in [0.15, 0.2) is 5.79 Å². The lowest BCUT2D eigenvalue weighted by molar-refractivity contribution is -0.161. The highest BCUT2D eigenvalue weighted by Gasteiger charge is 2.56. The molecule has 0 saturated carbocycles. The zero-order valence-electron chi connectivity index (χ0n) is 11.3. The van der Waals surface area contributed by atoms with Gasteiger partial charge < -0.3 is 25.1 Å². The standard InChI is InChI=1S/C13H19NO5/c1-5-10(14)9-8(12(16)17-5)6(15)4-7-11(9)19-13(2,3)18-7/h5,7,9-11,15H,4,14H2,1-3H3/t5-,7-,9-,10+,11+/m1/s1. The fourth-order valence-corrected chi connectivity index (χ4v) is 3.25. The summed E-state index contributed by atoms with van der Waals surface area (Å²) in [6.45, 7) is 5.39. The molecule has 19 heavy (non-hydrogen) atoms. The first-order valence-electron chi connectivity index (χ1n) is 6.54. The van der Waals surface area contributed by atoms with Crippen LogP contribution in [0.15, 0.2) is 11.3 Å². The molecule has 0 radical (unpaired) electrons. The van der Waals surface area contributed by atoms with E-state index < -0.39 is 23.9 Å². The van der Waals surface area contributed by atoms with Crippen molar-refractivity contribution in [1.29, 1.82) is 0 Å². The SMILES string of the molecule is C[C@H]1OC(=O)C2=C(O)C[C@H]3OC(C)(C)O[C@@H]3[C@H]2[C@H]1N. The fourth-order valence-electron chi connectivity index (χ4n) is 3.25. The number of rotatable bonds is 0. The molecule has 1 aliphatic carbocycles. The summed E-state index contributed by atoms with van der Waals surface area (Å²) in [7, 11) is 0. The molecule has 0 spiro atoms. The third kappa shape index (κ3) is 1.86. The highest BCUT2D eigenvalue weighted by molar-refractivity contribution is 5.91. The van der Waals surface area contributed by atoms with Crippen LogP contribution in [-0.2, 0) is 19.0 Å². The summed E-state index contributed by atoms with van der Waals surface area (Å²) in [4.78, 5) is 12.0. The number of fused-ring (bicyclic) bond motifs is 3. The largest absolute Gasteiger partial charge is 0.512 e. The minimum Gasteiger partial charge on any atom is -0.512 e. The second-order valence-electron chi connectivity index (χ2n) is 5.92. The smallest absolute Gasteiger partial charge is 0.338 e. The molecular weight excluding hydrogens is 250 g/mol. The molecule has 5 atom stereocenters. The van der Waals surface area contributed by atoms with Crippen molar-refractivity contribution in [1.82, 2.24) is 0 Å². The molecule has 0 aromatic heterocycles. The van der Waals surface area contributed by atoms with E-state index in [9.17, 15) is 9.90 Å². The molecule has 0 unspecified atom stereocenters. The van der Waals surface area contributed by atoms with Gasteiger partial charge >= 0.3 is 5.97 Å². The van der Waals surface area contributed by atoms with Crippen molar-refractivity contribution in [2.75, 3.05) is 0 Å².